The lowest BCUT2D eigenvalue weighted by atomic mass is 9.86. The molecule has 1 aromatic rings. The highest BCUT2D eigenvalue weighted by Gasteiger charge is 2.21. The van der Waals surface area contributed by atoms with Gasteiger partial charge in [0, 0.05) is 24.4 Å². The van der Waals surface area contributed by atoms with Crippen LogP contribution in [0.15, 0.2) is 18.5 Å². The molecule has 2 rings (SSSR count). The molecule has 3 heteroatoms. The second kappa shape index (κ2) is 5.69. The first-order valence-electron chi connectivity index (χ1n) is 6.73. The van der Waals surface area contributed by atoms with E-state index in [4.69, 9.17) is 0 Å². The molecule has 0 saturated carbocycles. The fourth-order valence-electron chi connectivity index (χ4n) is 2.52. The van der Waals surface area contributed by atoms with Crippen molar-refractivity contribution in [3.63, 3.8) is 0 Å². The van der Waals surface area contributed by atoms with Crippen molar-refractivity contribution in [2.75, 3.05) is 26.2 Å². The highest BCUT2D eigenvalue weighted by atomic mass is 14.9. The van der Waals surface area contributed by atoms with Gasteiger partial charge in [-0.25, -0.2) is 0 Å². The second-order valence-corrected chi connectivity index (χ2v) is 5.81. The van der Waals surface area contributed by atoms with Gasteiger partial charge in [0.05, 0.1) is 0 Å². The van der Waals surface area contributed by atoms with Crippen LogP contribution in [0.4, 0.5) is 0 Å². The van der Waals surface area contributed by atoms with E-state index in [1.807, 2.05) is 6.20 Å². The van der Waals surface area contributed by atoms with E-state index in [1.54, 1.807) is 0 Å². The van der Waals surface area contributed by atoms with Crippen LogP contribution in [0, 0.1) is 5.92 Å². The minimum absolute atomic E-state index is 0.215. The second-order valence-electron chi connectivity index (χ2n) is 5.81. The minimum Gasteiger partial charge on any atom is -0.367 e. The summed E-state index contributed by atoms with van der Waals surface area (Å²) in [5.74, 6) is 0.860. The van der Waals surface area contributed by atoms with E-state index in [1.165, 1.54) is 31.5 Å². The van der Waals surface area contributed by atoms with E-state index >= 15 is 0 Å². The number of aromatic nitrogens is 1. The Morgan fingerprint density at radius 3 is 2.76 bits per heavy atom. The maximum atomic E-state index is 3.64. The van der Waals surface area contributed by atoms with Crippen LogP contribution in [-0.4, -0.2) is 31.2 Å². The molecule has 0 aliphatic carbocycles. The highest BCUT2D eigenvalue weighted by molar-refractivity contribution is 5.20. The molecular formula is C14H25N3. The molecule has 0 radical (unpaired) electrons. The number of hydrogen-bond acceptors (Lipinski definition) is 2. The SMILES string of the molecule is CC(C)(CNCC1CCNCC1)c1cc[nH]c1. The van der Waals surface area contributed by atoms with Crippen molar-refractivity contribution in [1.82, 2.24) is 15.6 Å². The Morgan fingerprint density at radius 1 is 1.35 bits per heavy atom. The van der Waals surface area contributed by atoms with Gasteiger partial charge >= 0.3 is 0 Å². The maximum absolute atomic E-state index is 3.64. The molecule has 0 atom stereocenters. The van der Waals surface area contributed by atoms with Crippen molar-refractivity contribution in [2.24, 2.45) is 5.92 Å². The lowest BCUT2D eigenvalue weighted by Gasteiger charge is -2.27. The number of nitrogens with one attached hydrogen (secondary N) is 3. The van der Waals surface area contributed by atoms with Crippen LogP contribution in [0.5, 0.6) is 0 Å². The number of rotatable bonds is 5. The zero-order valence-electron chi connectivity index (χ0n) is 11.1. The number of hydrogen-bond donors (Lipinski definition) is 3. The quantitative estimate of drug-likeness (QED) is 0.729. The number of aromatic amines is 1. The Labute approximate surface area is 104 Å². The Balaban J connectivity index is 1.74. The van der Waals surface area contributed by atoms with Crippen LogP contribution in [0.2, 0.25) is 0 Å². The van der Waals surface area contributed by atoms with Gasteiger partial charge < -0.3 is 15.6 Å². The summed E-state index contributed by atoms with van der Waals surface area (Å²) in [4.78, 5) is 3.14. The van der Waals surface area contributed by atoms with Gasteiger partial charge in [0.2, 0.25) is 0 Å². The van der Waals surface area contributed by atoms with Crippen LogP contribution in [0.1, 0.15) is 32.3 Å². The summed E-state index contributed by atoms with van der Waals surface area (Å²) in [6.07, 6.45) is 6.74. The Kier molecular flexibility index (Phi) is 4.24. The van der Waals surface area contributed by atoms with Gasteiger partial charge in [0.15, 0.2) is 0 Å². The van der Waals surface area contributed by atoms with Crippen LogP contribution < -0.4 is 10.6 Å². The molecule has 1 aliphatic rings. The van der Waals surface area contributed by atoms with Gasteiger partial charge in [-0.15, -0.1) is 0 Å². The summed E-state index contributed by atoms with van der Waals surface area (Å²) in [6.45, 7) is 9.18. The molecule has 0 aromatic carbocycles. The Morgan fingerprint density at radius 2 is 2.12 bits per heavy atom. The van der Waals surface area contributed by atoms with Crippen molar-refractivity contribution in [1.29, 1.82) is 0 Å². The van der Waals surface area contributed by atoms with Gasteiger partial charge in [-0.05, 0) is 50.0 Å². The summed E-state index contributed by atoms with van der Waals surface area (Å²) >= 11 is 0. The monoisotopic (exact) mass is 235 g/mol. The van der Waals surface area contributed by atoms with Gasteiger partial charge in [-0.1, -0.05) is 13.8 Å². The summed E-state index contributed by atoms with van der Waals surface area (Å²) < 4.78 is 0. The van der Waals surface area contributed by atoms with Crippen LogP contribution in [-0.2, 0) is 5.41 Å². The van der Waals surface area contributed by atoms with Crippen LogP contribution in [0.25, 0.3) is 0 Å². The van der Waals surface area contributed by atoms with E-state index in [9.17, 15) is 0 Å². The minimum atomic E-state index is 0.215. The molecule has 0 amide bonds. The van der Waals surface area contributed by atoms with Crippen molar-refractivity contribution in [3.8, 4) is 0 Å². The molecule has 2 heterocycles. The van der Waals surface area contributed by atoms with Crippen molar-refractivity contribution >= 4 is 0 Å². The van der Waals surface area contributed by atoms with E-state index < -0.39 is 0 Å². The van der Waals surface area contributed by atoms with E-state index in [2.05, 4.69) is 41.7 Å². The Bertz CT molecular complexity index is 310. The smallest absolute Gasteiger partial charge is 0.00438 e. The first kappa shape index (κ1) is 12.7. The van der Waals surface area contributed by atoms with Crippen molar-refractivity contribution in [3.05, 3.63) is 24.0 Å². The fourth-order valence-corrected chi connectivity index (χ4v) is 2.52. The van der Waals surface area contributed by atoms with Gasteiger partial charge in [-0.3, -0.25) is 0 Å². The zero-order valence-corrected chi connectivity index (χ0v) is 11.1. The molecule has 0 spiro atoms. The first-order chi connectivity index (χ1) is 8.18. The molecule has 0 bridgehead atoms. The highest BCUT2D eigenvalue weighted by Crippen LogP contribution is 2.21. The summed E-state index contributed by atoms with van der Waals surface area (Å²) in [5.41, 5.74) is 1.60. The molecule has 1 saturated heterocycles. The molecular weight excluding hydrogens is 210 g/mol. The predicted molar refractivity (Wildman–Crippen MR) is 72.3 cm³/mol. The topological polar surface area (TPSA) is 39.8 Å². The lowest BCUT2D eigenvalue weighted by Crippen LogP contribution is -2.38. The third-order valence-electron chi connectivity index (χ3n) is 3.84. The first-order valence-corrected chi connectivity index (χ1v) is 6.73. The molecule has 1 aliphatic heterocycles. The summed E-state index contributed by atoms with van der Waals surface area (Å²) in [7, 11) is 0. The maximum Gasteiger partial charge on any atom is 0.00438 e. The van der Waals surface area contributed by atoms with Gasteiger partial charge in [-0.2, -0.15) is 0 Å². The molecule has 3 nitrogen and oxygen atoms in total. The van der Waals surface area contributed by atoms with Crippen LogP contribution >= 0.6 is 0 Å². The van der Waals surface area contributed by atoms with Crippen LogP contribution in [0.3, 0.4) is 0 Å². The van der Waals surface area contributed by atoms with Crippen molar-refractivity contribution in [2.45, 2.75) is 32.1 Å². The largest absolute Gasteiger partial charge is 0.367 e. The number of H-pyrrole nitrogens is 1. The standard InChI is InChI=1S/C14H25N3/c1-14(2,13-5-8-16-10-13)11-17-9-12-3-6-15-7-4-12/h5,8,10,12,15-17H,3-4,6-7,9,11H2,1-2H3. The fraction of sp³-hybridized carbons (Fsp3) is 0.714. The van der Waals surface area contributed by atoms with Gasteiger partial charge in [0.25, 0.3) is 0 Å². The molecule has 3 N–H and O–H groups in total. The Hall–Kier alpha value is -0.800. The van der Waals surface area contributed by atoms with E-state index in [0.29, 0.717) is 0 Å². The summed E-state index contributed by atoms with van der Waals surface area (Å²) in [5, 5.41) is 7.05. The predicted octanol–water partition coefficient (Wildman–Crippen LogP) is 1.88. The average Bonchev–Trinajstić information content (AvgIpc) is 2.84. The molecule has 1 aromatic heterocycles. The zero-order chi connectivity index (χ0) is 12.1. The number of piperidine rings is 1. The molecule has 96 valence electrons. The normalized spacial score (nSPS) is 18.5. The van der Waals surface area contributed by atoms with E-state index in [-0.39, 0.29) is 5.41 Å². The lowest BCUT2D eigenvalue weighted by molar-refractivity contribution is 0.342. The third-order valence-corrected chi connectivity index (χ3v) is 3.84. The summed E-state index contributed by atoms with van der Waals surface area (Å²) in [6, 6.07) is 2.17. The van der Waals surface area contributed by atoms with E-state index in [0.717, 1.165) is 19.0 Å². The third kappa shape index (κ3) is 3.58. The molecule has 1 fully saturated rings. The average molecular weight is 235 g/mol. The molecule has 0 unspecified atom stereocenters. The van der Waals surface area contributed by atoms with Gasteiger partial charge in [0.1, 0.15) is 0 Å². The molecule has 17 heavy (non-hydrogen) atoms. The van der Waals surface area contributed by atoms with Crippen molar-refractivity contribution < 1.29 is 0 Å².